The van der Waals surface area contributed by atoms with E-state index in [9.17, 15) is 4.79 Å². The number of aromatic nitrogens is 2. The van der Waals surface area contributed by atoms with E-state index in [-0.39, 0.29) is 5.56 Å². The summed E-state index contributed by atoms with van der Waals surface area (Å²) in [6, 6.07) is 0.326. The molecule has 0 aromatic carbocycles. The predicted octanol–water partition coefficient (Wildman–Crippen LogP) is 1.97. The van der Waals surface area contributed by atoms with Crippen molar-refractivity contribution in [3.05, 3.63) is 21.0 Å². The molecule has 1 aromatic rings. The Morgan fingerprint density at radius 3 is 2.90 bits per heavy atom. The molecule has 2 heterocycles. The highest BCUT2D eigenvalue weighted by molar-refractivity contribution is 9.10. The summed E-state index contributed by atoms with van der Waals surface area (Å²) in [4.78, 5) is 12.5. The second-order valence-electron chi connectivity index (χ2n) is 5.84. The molecule has 1 aliphatic heterocycles. The zero-order valence-corrected chi connectivity index (χ0v) is 13.2. The topological polar surface area (TPSA) is 59.0 Å². The second-order valence-corrected chi connectivity index (χ2v) is 6.69. The summed E-state index contributed by atoms with van der Waals surface area (Å²) < 4.78 is 2.38. The van der Waals surface area contributed by atoms with Crippen molar-refractivity contribution in [3.8, 4) is 0 Å². The minimum Gasteiger partial charge on any atom is -0.376 e. The Balaban J connectivity index is 1.77. The zero-order chi connectivity index (χ0) is 13.9. The molecule has 1 unspecified atom stereocenters. The van der Waals surface area contributed by atoms with Crippen molar-refractivity contribution in [3.63, 3.8) is 0 Å². The summed E-state index contributed by atoms with van der Waals surface area (Å²) in [6.07, 6.45) is 7.72. The summed E-state index contributed by atoms with van der Waals surface area (Å²) in [5.74, 6) is 0.630. The van der Waals surface area contributed by atoms with Crippen LogP contribution in [0.1, 0.15) is 32.1 Å². The summed E-state index contributed by atoms with van der Waals surface area (Å²) in [6.45, 7) is 2.74. The minimum absolute atomic E-state index is 0.00292. The normalized spacial score (nSPS) is 23.4. The molecule has 0 amide bonds. The lowest BCUT2D eigenvalue weighted by atomic mass is 9.85. The van der Waals surface area contributed by atoms with E-state index in [4.69, 9.17) is 0 Å². The molecule has 110 valence electrons. The highest BCUT2D eigenvalue weighted by Gasteiger charge is 2.21. The number of nitrogens with zero attached hydrogens (tertiary/aromatic N) is 2. The van der Waals surface area contributed by atoms with E-state index >= 15 is 0 Å². The maximum absolute atomic E-state index is 12.5. The minimum atomic E-state index is -0.00292. The summed E-state index contributed by atoms with van der Waals surface area (Å²) in [5, 5.41) is 11.0. The van der Waals surface area contributed by atoms with Crippen molar-refractivity contribution in [1.82, 2.24) is 15.1 Å². The van der Waals surface area contributed by atoms with Crippen LogP contribution >= 0.6 is 15.9 Å². The van der Waals surface area contributed by atoms with Gasteiger partial charge < -0.3 is 10.6 Å². The third kappa shape index (κ3) is 3.06. The maximum Gasteiger partial charge on any atom is 0.291 e. The van der Waals surface area contributed by atoms with E-state index in [0.29, 0.717) is 17.6 Å². The van der Waals surface area contributed by atoms with Gasteiger partial charge in [0.25, 0.3) is 5.56 Å². The number of hydrogen-bond donors (Lipinski definition) is 2. The van der Waals surface area contributed by atoms with Crippen LogP contribution in [0.3, 0.4) is 0 Å². The first-order chi connectivity index (χ1) is 9.74. The van der Waals surface area contributed by atoms with E-state index in [1.165, 1.54) is 19.3 Å². The van der Waals surface area contributed by atoms with Crippen LogP contribution in [0.4, 0.5) is 5.69 Å². The van der Waals surface area contributed by atoms with Crippen LogP contribution in [0.5, 0.6) is 0 Å². The van der Waals surface area contributed by atoms with Crippen LogP contribution in [-0.4, -0.2) is 28.9 Å². The number of piperidine rings is 1. The van der Waals surface area contributed by atoms with E-state index < -0.39 is 0 Å². The summed E-state index contributed by atoms with van der Waals surface area (Å²) in [7, 11) is 0. The van der Waals surface area contributed by atoms with E-state index in [0.717, 1.165) is 36.9 Å². The first-order valence-corrected chi connectivity index (χ1v) is 8.26. The van der Waals surface area contributed by atoms with Crippen molar-refractivity contribution in [1.29, 1.82) is 0 Å². The van der Waals surface area contributed by atoms with Gasteiger partial charge in [-0.1, -0.05) is 6.42 Å². The Bertz CT molecular complexity index is 520. The van der Waals surface area contributed by atoms with Gasteiger partial charge in [-0.15, -0.1) is 0 Å². The fourth-order valence-corrected chi connectivity index (χ4v) is 3.20. The third-order valence-corrected chi connectivity index (χ3v) is 4.90. The van der Waals surface area contributed by atoms with Crippen molar-refractivity contribution in [2.75, 3.05) is 18.4 Å². The van der Waals surface area contributed by atoms with Crippen LogP contribution in [-0.2, 0) is 6.54 Å². The van der Waals surface area contributed by atoms with Gasteiger partial charge in [0, 0.05) is 19.1 Å². The Kier molecular flexibility index (Phi) is 4.41. The van der Waals surface area contributed by atoms with Gasteiger partial charge >= 0.3 is 0 Å². The molecule has 1 atom stereocenters. The van der Waals surface area contributed by atoms with Crippen LogP contribution < -0.4 is 16.2 Å². The van der Waals surface area contributed by atoms with Gasteiger partial charge in [0.05, 0.1) is 10.7 Å². The number of hydrogen-bond acceptors (Lipinski definition) is 4. The number of halogens is 1. The second kappa shape index (κ2) is 6.26. The molecule has 2 fully saturated rings. The van der Waals surface area contributed by atoms with E-state index in [1.54, 1.807) is 10.9 Å². The van der Waals surface area contributed by atoms with Crippen molar-refractivity contribution < 1.29 is 0 Å². The fourth-order valence-electron chi connectivity index (χ4n) is 2.83. The first-order valence-electron chi connectivity index (χ1n) is 7.47. The van der Waals surface area contributed by atoms with Gasteiger partial charge in [0.2, 0.25) is 0 Å². The van der Waals surface area contributed by atoms with Gasteiger partial charge in [-0.2, -0.15) is 5.10 Å². The lowest BCUT2D eigenvalue weighted by molar-refractivity contribution is 0.262. The number of anilines is 1. The van der Waals surface area contributed by atoms with Crippen LogP contribution in [0.25, 0.3) is 0 Å². The lowest BCUT2D eigenvalue weighted by Gasteiger charge is -2.27. The largest absolute Gasteiger partial charge is 0.376 e. The van der Waals surface area contributed by atoms with Crippen molar-refractivity contribution in [2.24, 2.45) is 5.92 Å². The Morgan fingerprint density at radius 2 is 2.25 bits per heavy atom. The van der Waals surface area contributed by atoms with Gasteiger partial charge in [0.1, 0.15) is 5.69 Å². The third-order valence-electron chi connectivity index (χ3n) is 4.30. The quantitative estimate of drug-likeness (QED) is 0.879. The van der Waals surface area contributed by atoms with Gasteiger partial charge in [-0.05, 0) is 54.1 Å². The number of nitrogens with one attached hydrogen (secondary N) is 2. The lowest BCUT2D eigenvalue weighted by Crippen LogP contribution is -2.40. The van der Waals surface area contributed by atoms with Gasteiger partial charge in [-0.3, -0.25) is 4.79 Å². The van der Waals surface area contributed by atoms with Gasteiger partial charge in [0.15, 0.2) is 0 Å². The summed E-state index contributed by atoms with van der Waals surface area (Å²) >= 11 is 3.45. The van der Waals surface area contributed by atoms with Crippen LogP contribution in [0, 0.1) is 5.92 Å². The average molecular weight is 341 g/mol. The fraction of sp³-hybridized carbons (Fsp3) is 0.714. The standard InChI is InChI=1S/C14H21BrN4O/c15-12-8-17-19(9-10-3-1-4-10)14(20)13(12)18-11-5-2-6-16-7-11/h8,10-11,16,18H,1-7,9H2. The molecular formula is C14H21BrN4O. The molecule has 2 N–H and O–H groups in total. The Labute approximate surface area is 127 Å². The molecular weight excluding hydrogens is 320 g/mol. The molecule has 1 saturated heterocycles. The van der Waals surface area contributed by atoms with Crippen molar-refractivity contribution in [2.45, 2.75) is 44.7 Å². The Morgan fingerprint density at radius 1 is 1.40 bits per heavy atom. The predicted molar refractivity (Wildman–Crippen MR) is 83.1 cm³/mol. The molecule has 6 heteroatoms. The highest BCUT2D eigenvalue weighted by atomic mass is 79.9. The SMILES string of the molecule is O=c1c(NC2CCCNC2)c(Br)cnn1CC1CCC1. The van der Waals surface area contributed by atoms with Crippen molar-refractivity contribution >= 4 is 21.6 Å². The molecule has 5 nitrogen and oxygen atoms in total. The molecule has 3 rings (SSSR count). The molecule has 0 radical (unpaired) electrons. The zero-order valence-electron chi connectivity index (χ0n) is 11.6. The van der Waals surface area contributed by atoms with E-state index in [2.05, 4.69) is 31.7 Å². The molecule has 1 aromatic heterocycles. The molecule has 0 bridgehead atoms. The highest BCUT2D eigenvalue weighted by Crippen LogP contribution is 2.27. The molecule has 0 spiro atoms. The molecule has 2 aliphatic rings. The smallest absolute Gasteiger partial charge is 0.291 e. The van der Waals surface area contributed by atoms with E-state index in [1.807, 2.05) is 0 Å². The monoisotopic (exact) mass is 340 g/mol. The molecule has 20 heavy (non-hydrogen) atoms. The van der Waals surface area contributed by atoms with Crippen LogP contribution in [0.15, 0.2) is 15.5 Å². The van der Waals surface area contributed by atoms with Gasteiger partial charge in [-0.25, -0.2) is 4.68 Å². The maximum atomic E-state index is 12.5. The Hall–Kier alpha value is -0.880. The molecule has 1 aliphatic carbocycles. The molecule has 1 saturated carbocycles. The number of rotatable bonds is 4. The summed E-state index contributed by atoms with van der Waals surface area (Å²) in [5.41, 5.74) is 0.657. The van der Waals surface area contributed by atoms with Crippen LogP contribution in [0.2, 0.25) is 0 Å². The average Bonchev–Trinajstić information content (AvgIpc) is 2.42. The first kappa shape index (κ1) is 14.1.